The van der Waals surface area contributed by atoms with Crippen molar-refractivity contribution in [2.75, 3.05) is 6.61 Å². The van der Waals surface area contributed by atoms with Crippen LogP contribution in [-0.2, 0) is 38.1 Å². The highest BCUT2D eigenvalue weighted by Gasteiger charge is 2.65. The minimum atomic E-state index is -0.860. The standard InChI is InChI=1S/C23H36O4.C22H36O4/c1-6-22(2,3)21(25)26-12-18(24)27-23(4,5)17-11-15-10-16(17)20-14-8-7-13(9-14)19(15)20;1-7-20(3,4)19(24)25-14(2)18(23)26-21(5,6)22-11-15-8-16(12-22)10-17(9-15)13-22/h13-17,19-20H,6-12H2,1-5H3;14-17H,7-13H2,1-6H3. The predicted molar refractivity (Wildman–Crippen MR) is 203 cm³/mol. The van der Waals surface area contributed by atoms with Crippen LogP contribution in [0.3, 0.4) is 0 Å². The van der Waals surface area contributed by atoms with Crippen molar-refractivity contribution in [3.8, 4) is 0 Å². The largest absolute Gasteiger partial charge is 0.457 e. The Morgan fingerprint density at radius 1 is 0.660 bits per heavy atom. The second-order valence-electron chi connectivity index (χ2n) is 21.3. The fourth-order valence-electron chi connectivity index (χ4n) is 13.0. The molecule has 0 heterocycles. The molecule has 8 fully saturated rings. The number of rotatable bonds is 12. The van der Waals surface area contributed by atoms with E-state index in [0.29, 0.717) is 18.8 Å². The highest BCUT2D eigenvalue weighted by Crippen LogP contribution is 2.70. The molecule has 0 amide bonds. The van der Waals surface area contributed by atoms with E-state index in [1.807, 2.05) is 41.5 Å². The Balaban J connectivity index is 0.000000182. The van der Waals surface area contributed by atoms with E-state index in [1.165, 1.54) is 70.6 Å². The third-order valence-electron chi connectivity index (χ3n) is 16.5. The normalized spacial score (nSPS) is 37.0. The van der Waals surface area contributed by atoms with Crippen molar-refractivity contribution in [2.24, 2.45) is 75.4 Å². The van der Waals surface area contributed by atoms with E-state index in [0.717, 1.165) is 53.3 Å². The van der Waals surface area contributed by atoms with Gasteiger partial charge in [-0.3, -0.25) is 9.59 Å². The first-order chi connectivity index (χ1) is 24.6. The van der Waals surface area contributed by atoms with Crippen molar-refractivity contribution < 1.29 is 38.1 Å². The summed E-state index contributed by atoms with van der Waals surface area (Å²) < 4.78 is 22.5. The van der Waals surface area contributed by atoms with Crippen molar-refractivity contribution in [1.82, 2.24) is 0 Å². The van der Waals surface area contributed by atoms with Crippen LogP contribution in [0.25, 0.3) is 0 Å². The minimum absolute atomic E-state index is 0.101. The zero-order valence-corrected chi connectivity index (χ0v) is 35.0. The molecule has 8 saturated carbocycles. The fraction of sp³-hybridized carbons (Fsp3) is 0.911. The first kappa shape index (κ1) is 40.5. The van der Waals surface area contributed by atoms with Gasteiger partial charge in [-0.15, -0.1) is 0 Å². The van der Waals surface area contributed by atoms with Gasteiger partial charge >= 0.3 is 23.9 Å². The molecule has 300 valence electrons. The SMILES string of the molecule is CCC(C)(C)C(=O)OC(C)C(=O)OC(C)(C)C12CC3CC(CC(C3)C1)C2.CCC(C)(C)C(=O)OCC(=O)OC(C)(C)C1CC2CC1C1C3CCC(C3)C21. The average Bonchev–Trinajstić information content (AvgIpc) is 3.88. The molecule has 8 bridgehead atoms. The molecule has 8 aliphatic carbocycles. The summed E-state index contributed by atoms with van der Waals surface area (Å²) in [6.45, 7) is 20.9. The van der Waals surface area contributed by atoms with Crippen molar-refractivity contribution in [3.63, 3.8) is 0 Å². The molecule has 0 N–H and O–H groups in total. The summed E-state index contributed by atoms with van der Waals surface area (Å²) in [5.41, 5.74) is -2.03. The van der Waals surface area contributed by atoms with Gasteiger partial charge < -0.3 is 18.9 Å². The van der Waals surface area contributed by atoms with Crippen molar-refractivity contribution in [1.29, 1.82) is 0 Å². The summed E-state index contributed by atoms with van der Waals surface area (Å²) in [5.74, 6) is 6.72. The number of carbonyl (C=O) groups is 4. The highest BCUT2D eigenvalue weighted by atomic mass is 16.6. The van der Waals surface area contributed by atoms with E-state index in [4.69, 9.17) is 18.9 Å². The maximum atomic E-state index is 12.7. The number of fused-ring (bicyclic) bond motifs is 9. The molecule has 8 unspecified atom stereocenters. The molecule has 0 aromatic carbocycles. The van der Waals surface area contributed by atoms with Crippen LogP contribution < -0.4 is 0 Å². The van der Waals surface area contributed by atoms with Crippen LogP contribution in [0, 0.1) is 75.4 Å². The smallest absolute Gasteiger partial charge is 0.347 e. The minimum Gasteiger partial charge on any atom is -0.457 e. The van der Waals surface area contributed by atoms with E-state index < -0.39 is 40.1 Å². The van der Waals surface area contributed by atoms with Crippen LogP contribution in [0.5, 0.6) is 0 Å². The van der Waals surface area contributed by atoms with E-state index in [1.54, 1.807) is 6.92 Å². The molecular weight excluding hydrogens is 668 g/mol. The number of hydrogen-bond donors (Lipinski definition) is 0. The third kappa shape index (κ3) is 7.70. The summed E-state index contributed by atoms with van der Waals surface area (Å²) in [6.07, 6.45) is 15.0. The number of hydrogen-bond acceptors (Lipinski definition) is 8. The average molecular weight is 741 g/mol. The Morgan fingerprint density at radius 2 is 1.19 bits per heavy atom. The zero-order valence-electron chi connectivity index (χ0n) is 35.0. The Morgan fingerprint density at radius 3 is 1.74 bits per heavy atom. The monoisotopic (exact) mass is 741 g/mol. The zero-order chi connectivity index (χ0) is 38.9. The lowest BCUT2D eigenvalue weighted by atomic mass is 9.46. The molecule has 8 heteroatoms. The van der Waals surface area contributed by atoms with Gasteiger partial charge in [-0.05, 0) is 199 Å². The second kappa shape index (κ2) is 14.4. The van der Waals surface area contributed by atoms with Gasteiger partial charge in [-0.1, -0.05) is 13.8 Å². The lowest BCUT2D eigenvalue weighted by molar-refractivity contribution is -0.208. The van der Waals surface area contributed by atoms with Crippen molar-refractivity contribution in [3.05, 3.63) is 0 Å². The van der Waals surface area contributed by atoms with Gasteiger partial charge in [0.1, 0.15) is 11.2 Å². The fourth-order valence-corrected chi connectivity index (χ4v) is 13.0. The Labute approximate surface area is 320 Å². The van der Waals surface area contributed by atoms with Crippen LogP contribution in [-0.4, -0.2) is 47.8 Å². The molecule has 53 heavy (non-hydrogen) atoms. The predicted octanol–water partition coefficient (Wildman–Crippen LogP) is 9.50. The van der Waals surface area contributed by atoms with Gasteiger partial charge in [0.25, 0.3) is 0 Å². The van der Waals surface area contributed by atoms with E-state index in [-0.39, 0.29) is 24.0 Å². The first-order valence-corrected chi connectivity index (χ1v) is 21.4. The maximum Gasteiger partial charge on any atom is 0.347 e. The molecule has 8 rings (SSSR count). The Bertz CT molecular complexity index is 1370. The van der Waals surface area contributed by atoms with Gasteiger partial charge in [0.05, 0.1) is 10.8 Å². The Hall–Kier alpha value is -2.12. The van der Waals surface area contributed by atoms with E-state index in [9.17, 15) is 19.2 Å². The van der Waals surface area contributed by atoms with Crippen LogP contribution in [0.1, 0.15) is 160 Å². The quantitative estimate of drug-likeness (QED) is 0.111. The summed E-state index contributed by atoms with van der Waals surface area (Å²) in [6, 6.07) is 0. The third-order valence-corrected chi connectivity index (χ3v) is 16.5. The number of carbonyl (C=O) groups excluding carboxylic acids is 4. The van der Waals surface area contributed by atoms with Gasteiger partial charge in [-0.2, -0.15) is 0 Å². The van der Waals surface area contributed by atoms with Gasteiger partial charge in [0, 0.05) is 11.3 Å². The molecule has 0 spiro atoms. The highest BCUT2D eigenvalue weighted by molar-refractivity contribution is 5.82. The Kier molecular flexibility index (Phi) is 11.0. The van der Waals surface area contributed by atoms with Crippen LogP contribution in [0.4, 0.5) is 0 Å². The summed E-state index contributed by atoms with van der Waals surface area (Å²) in [7, 11) is 0. The molecule has 0 aromatic heterocycles. The second-order valence-corrected chi connectivity index (χ2v) is 21.3. The summed E-state index contributed by atoms with van der Waals surface area (Å²) in [4.78, 5) is 49.5. The number of esters is 4. The molecule has 8 nitrogen and oxygen atoms in total. The molecular formula is C45H72O8. The summed E-state index contributed by atoms with van der Waals surface area (Å²) >= 11 is 0. The van der Waals surface area contributed by atoms with Gasteiger partial charge in [0.15, 0.2) is 12.7 Å². The molecule has 0 aromatic rings. The molecule has 8 atom stereocenters. The van der Waals surface area contributed by atoms with Gasteiger partial charge in [-0.25, -0.2) is 9.59 Å². The van der Waals surface area contributed by atoms with Crippen molar-refractivity contribution >= 4 is 23.9 Å². The van der Waals surface area contributed by atoms with Crippen LogP contribution in [0.2, 0.25) is 0 Å². The topological polar surface area (TPSA) is 105 Å². The van der Waals surface area contributed by atoms with E-state index in [2.05, 4.69) is 27.7 Å². The molecule has 0 saturated heterocycles. The van der Waals surface area contributed by atoms with Gasteiger partial charge in [0.2, 0.25) is 0 Å². The van der Waals surface area contributed by atoms with Crippen LogP contribution >= 0.6 is 0 Å². The molecule has 0 aliphatic heterocycles. The lowest BCUT2D eigenvalue weighted by Crippen LogP contribution is -2.58. The number of ether oxygens (including phenoxy) is 4. The van der Waals surface area contributed by atoms with Crippen molar-refractivity contribution in [2.45, 2.75) is 177 Å². The van der Waals surface area contributed by atoms with E-state index >= 15 is 0 Å². The molecule has 8 aliphatic rings. The van der Waals surface area contributed by atoms with Crippen LogP contribution in [0.15, 0.2) is 0 Å². The maximum absolute atomic E-state index is 12.7. The summed E-state index contributed by atoms with van der Waals surface area (Å²) in [5, 5.41) is 0. The molecule has 0 radical (unpaired) electrons. The lowest BCUT2D eigenvalue weighted by Gasteiger charge is -2.61. The first-order valence-electron chi connectivity index (χ1n) is 21.4.